The molecule has 0 aliphatic heterocycles. The lowest BCUT2D eigenvalue weighted by Gasteiger charge is -2.23. The van der Waals surface area contributed by atoms with Crippen molar-refractivity contribution in [3.63, 3.8) is 0 Å². The number of hydrogen-bond acceptors (Lipinski definition) is 13. The van der Waals surface area contributed by atoms with E-state index in [0.717, 1.165) is 154 Å². The molecule has 19 heteroatoms. The molecule has 0 heterocycles. The quantitative estimate of drug-likeness (QED) is 0.0262. The van der Waals surface area contributed by atoms with Gasteiger partial charge in [-0.25, -0.2) is 0 Å². The Bertz CT molecular complexity index is 2160. The maximum atomic E-state index is 13.1. The smallest absolute Gasteiger partial charge is 0.471 e. The van der Waals surface area contributed by atoms with Crippen LogP contribution >= 0.6 is 0 Å². The number of nitrogens with zero attached hydrogens (tertiary/aromatic N) is 4. The SMILES string of the molecule is CCCCCCCC/C=C\CCCCCCCC(=O)OCCN(CCOC(=O)CCCCCCC/C=C\CCCCCCCC)C(=O)C(F)(F)F.CCCCCCCC/C=C\CCCCCCCC(=O)OCCN(CCOC(=O)CCCCCCC/C=C\CCCCCCCC)C(=O)CCCN(C)C.CN(C)CCCC(=O)O. The predicted octanol–water partition coefficient (Wildman–Crippen LogP) is 25.3. The fourth-order valence-electron chi connectivity index (χ4n) is 12.8. The minimum Gasteiger partial charge on any atom is -0.481 e. The van der Waals surface area contributed by atoms with Gasteiger partial charge in [-0.2, -0.15) is 13.2 Å². The molecule has 0 atom stereocenters. The molecule has 1 N–H and O–H groups in total. The van der Waals surface area contributed by atoms with Gasteiger partial charge in [0, 0.05) is 38.5 Å². The molecule has 662 valence electrons. The number of allylic oxidation sites excluding steroid dienone is 8. The number of carbonyl (C=O) groups is 7. The number of aliphatic carboxylic acids is 1. The first-order chi connectivity index (χ1) is 54.7. The molecule has 0 radical (unpaired) electrons. The molecule has 16 nitrogen and oxygen atoms in total. The monoisotopic (exact) mass is 1610 g/mol. The largest absolute Gasteiger partial charge is 0.481 e. The molecule has 0 saturated heterocycles. The zero-order valence-corrected chi connectivity index (χ0v) is 74.0. The number of halogens is 3. The van der Waals surface area contributed by atoms with Gasteiger partial charge in [-0.3, -0.25) is 33.6 Å². The average Bonchev–Trinajstić information content (AvgIpc) is 0.870. The number of carboxylic acids is 1. The van der Waals surface area contributed by atoms with E-state index in [1.54, 1.807) is 4.90 Å². The lowest BCUT2D eigenvalue weighted by molar-refractivity contribution is -0.187. The molecule has 0 aromatic rings. The van der Waals surface area contributed by atoms with Gasteiger partial charge in [0.15, 0.2) is 0 Å². The minimum atomic E-state index is -5.07. The van der Waals surface area contributed by atoms with Crippen molar-refractivity contribution >= 4 is 41.7 Å². The molecule has 0 aromatic carbocycles. The fraction of sp³-hybridized carbons (Fsp3) is 0.840. The third-order valence-electron chi connectivity index (χ3n) is 19.9. The Morgan fingerprint density at radius 3 is 0.681 bits per heavy atom. The van der Waals surface area contributed by atoms with Crippen molar-refractivity contribution in [1.82, 2.24) is 19.6 Å². The molecule has 0 aliphatic carbocycles. The number of alkyl halides is 3. The van der Waals surface area contributed by atoms with E-state index < -0.39 is 43.1 Å². The summed E-state index contributed by atoms with van der Waals surface area (Å²) in [5.41, 5.74) is 0. The van der Waals surface area contributed by atoms with Crippen LogP contribution in [0, 0.1) is 0 Å². The van der Waals surface area contributed by atoms with Crippen molar-refractivity contribution < 1.29 is 70.8 Å². The van der Waals surface area contributed by atoms with Gasteiger partial charge < -0.3 is 43.7 Å². The predicted molar refractivity (Wildman–Crippen MR) is 464 cm³/mol. The van der Waals surface area contributed by atoms with Crippen LogP contribution in [0.4, 0.5) is 13.2 Å². The Balaban J connectivity index is -0.00000193. The molecule has 0 aromatic heterocycles. The summed E-state index contributed by atoms with van der Waals surface area (Å²) >= 11 is 0. The van der Waals surface area contributed by atoms with Crippen LogP contribution in [0.25, 0.3) is 0 Å². The summed E-state index contributed by atoms with van der Waals surface area (Å²) in [6, 6.07) is 0. The average molecular weight is 1610 g/mol. The number of rotatable bonds is 80. The van der Waals surface area contributed by atoms with E-state index in [4.69, 9.17) is 24.1 Å². The van der Waals surface area contributed by atoms with Crippen LogP contribution in [0.1, 0.15) is 413 Å². The number of carbonyl (C=O) groups excluding carboxylic acids is 6. The van der Waals surface area contributed by atoms with Crippen molar-refractivity contribution in [3.8, 4) is 0 Å². The van der Waals surface area contributed by atoms with Crippen LogP contribution in [-0.4, -0.2) is 166 Å². The zero-order valence-electron chi connectivity index (χ0n) is 74.0. The van der Waals surface area contributed by atoms with Crippen LogP contribution < -0.4 is 0 Å². The van der Waals surface area contributed by atoms with Crippen molar-refractivity contribution in [3.05, 3.63) is 48.6 Å². The van der Waals surface area contributed by atoms with Crippen molar-refractivity contribution in [2.24, 2.45) is 0 Å². The number of ether oxygens (including phenoxy) is 4. The highest BCUT2D eigenvalue weighted by Gasteiger charge is 2.42. The van der Waals surface area contributed by atoms with Crippen LogP contribution in [-0.2, 0) is 52.5 Å². The third-order valence-corrected chi connectivity index (χ3v) is 19.9. The lowest BCUT2D eigenvalue weighted by atomic mass is 10.1. The zero-order chi connectivity index (χ0) is 83.8. The van der Waals surface area contributed by atoms with Gasteiger partial charge in [-0.05, 0) is 183 Å². The summed E-state index contributed by atoms with van der Waals surface area (Å²) in [5.74, 6) is -4.12. The second kappa shape index (κ2) is 89.3. The van der Waals surface area contributed by atoms with Gasteiger partial charge in [0.2, 0.25) is 5.91 Å². The van der Waals surface area contributed by atoms with Gasteiger partial charge in [0.05, 0.1) is 26.2 Å². The summed E-state index contributed by atoms with van der Waals surface area (Å²) < 4.78 is 60.5. The van der Waals surface area contributed by atoms with Crippen LogP contribution in [0.15, 0.2) is 48.6 Å². The van der Waals surface area contributed by atoms with Gasteiger partial charge >= 0.3 is 41.9 Å². The van der Waals surface area contributed by atoms with Gasteiger partial charge in [-0.15, -0.1) is 0 Å². The first-order valence-electron chi connectivity index (χ1n) is 46.1. The molecule has 0 unspecified atom stereocenters. The topological polar surface area (TPSA) is 190 Å². The van der Waals surface area contributed by atoms with Crippen LogP contribution in [0.3, 0.4) is 0 Å². The van der Waals surface area contributed by atoms with Crippen molar-refractivity contribution in [2.75, 3.05) is 93.9 Å². The Morgan fingerprint density at radius 1 is 0.265 bits per heavy atom. The molecular formula is C94H173F3N4O12. The number of unbranched alkanes of at least 4 members (excludes halogenated alkanes) is 44. The number of hydrogen-bond donors (Lipinski definition) is 1. The number of carboxylic acid groups (broad SMARTS) is 1. The van der Waals surface area contributed by atoms with Gasteiger partial charge in [0.1, 0.15) is 26.4 Å². The maximum absolute atomic E-state index is 13.1. The van der Waals surface area contributed by atoms with E-state index in [-0.39, 0.29) is 63.5 Å². The van der Waals surface area contributed by atoms with Gasteiger partial charge in [0.25, 0.3) is 0 Å². The van der Waals surface area contributed by atoms with E-state index >= 15 is 0 Å². The highest BCUT2D eigenvalue weighted by molar-refractivity contribution is 5.82. The fourth-order valence-corrected chi connectivity index (χ4v) is 12.8. The standard InChI is InChI=1S/C46H86N2O5.C42H74F3NO5.C6H13NO2/c1-5-7-9-11-13-15-17-19-21-23-25-27-29-31-33-37-45(50)52-42-40-48(44(49)36-35-39-47(3)4)41-43-53-46(51)38-34-32-30-28-26-24-22-20-18-16-14-12-10-8-6-2;1-3-5-7-9-11-13-15-17-19-21-23-25-27-29-31-33-39(47)50-37-35-46(41(49)42(43,44)45)36-38-51-40(48)34-32-30-28-26-24-22-20-18-16-14-12-10-8-6-4-2;1-7(2)5-3-4-6(8)9/h19-22H,5-18,23-43H2,1-4H3;17-20H,3-16,21-38H2,1-2H3;3-5H2,1-2H3,(H,8,9)/b21-19-,22-20-;19-17-,20-18-;. The molecule has 0 saturated carbocycles. The Hall–Kier alpha value is -5.04. The molecule has 0 rings (SSSR count). The van der Waals surface area contributed by atoms with E-state index in [0.29, 0.717) is 50.1 Å². The highest BCUT2D eigenvalue weighted by atomic mass is 19.4. The van der Waals surface area contributed by atoms with Gasteiger partial charge in [-0.1, -0.05) is 282 Å². The molecule has 0 bridgehead atoms. The molecule has 0 spiro atoms. The number of amides is 2. The third kappa shape index (κ3) is 92.3. The minimum absolute atomic E-state index is 0.00783. The van der Waals surface area contributed by atoms with Crippen molar-refractivity contribution in [2.45, 2.75) is 419 Å². The van der Waals surface area contributed by atoms with E-state index in [2.05, 4.69) is 81.2 Å². The second-order valence-corrected chi connectivity index (χ2v) is 31.6. The second-order valence-electron chi connectivity index (χ2n) is 31.6. The molecule has 113 heavy (non-hydrogen) atoms. The Labute approximate surface area is 690 Å². The molecule has 2 amide bonds. The summed E-state index contributed by atoms with van der Waals surface area (Å²) in [4.78, 5) is 89.9. The Morgan fingerprint density at radius 2 is 0.469 bits per heavy atom. The summed E-state index contributed by atoms with van der Waals surface area (Å²) in [6.45, 7) is 10.2. The van der Waals surface area contributed by atoms with E-state index in [9.17, 15) is 46.7 Å². The molecular weight excluding hydrogens is 1430 g/mol. The van der Waals surface area contributed by atoms with Crippen LogP contribution in [0.2, 0.25) is 0 Å². The first kappa shape index (κ1) is 112. The van der Waals surface area contributed by atoms with Crippen molar-refractivity contribution in [1.29, 1.82) is 0 Å². The van der Waals surface area contributed by atoms with Crippen LogP contribution in [0.5, 0.6) is 0 Å². The molecule has 0 aliphatic rings. The summed E-state index contributed by atoms with van der Waals surface area (Å²) in [5, 5.41) is 8.21. The van der Waals surface area contributed by atoms with E-state index in [1.807, 2.05) is 33.1 Å². The van der Waals surface area contributed by atoms with E-state index in [1.165, 1.54) is 193 Å². The lowest BCUT2D eigenvalue weighted by Crippen LogP contribution is -2.44. The summed E-state index contributed by atoms with van der Waals surface area (Å²) in [6.07, 6.45) is 78.4. The maximum Gasteiger partial charge on any atom is 0.471 e. The highest BCUT2D eigenvalue weighted by Crippen LogP contribution is 2.20. The Kier molecular flexibility index (Phi) is 88.6. The normalized spacial score (nSPS) is 11.6. The first-order valence-corrected chi connectivity index (χ1v) is 46.1. The number of esters is 4. The molecule has 0 fully saturated rings. The summed E-state index contributed by atoms with van der Waals surface area (Å²) in [7, 11) is 7.85.